The Morgan fingerprint density at radius 2 is 1.88 bits per heavy atom. The van der Waals surface area contributed by atoms with Gasteiger partial charge in [0.05, 0.1) is 18.6 Å². The number of aromatic amines is 1. The molecule has 7 rings (SSSR count). The van der Waals surface area contributed by atoms with Crippen LogP contribution >= 0.6 is 0 Å². The molecule has 8 nitrogen and oxygen atoms in total. The molecule has 0 spiro atoms. The molecule has 4 aromatic rings. The van der Waals surface area contributed by atoms with Crippen LogP contribution in [0.2, 0.25) is 0 Å². The number of hydrogen-bond donors (Lipinski definition) is 2. The number of H-pyrrole nitrogens is 1. The lowest BCUT2D eigenvalue weighted by Crippen LogP contribution is -2.46. The van der Waals surface area contributed by atoms with Gasteiger partial charge in [-0.2, -0.15) is 0 Å². The minimum atomic E-state index is -0.461. The van der Waals surface area contributed by atoms with Gasteiger partial charge in [-0.05, 0) is 85.6 Å². The Bertz CT molecular complexity index is 1580. The molecule has 0 radical (unpaired) electrons. The average Bonchev–Trinajstić information content (AvgIpc) is 3.41. The van der Waals surface area contributed by atoms with Crippen LogP contribution in [-0.4, -0.2) is 69.5 Å². The molecule has 8 heteroatoms. The fraction of sp³-hybridized carbons (Fsp3) is 0.394. The van der Waals surface area contributed by atoms with Crippen LogP contribution in [0.1, 0.15) is 64.0 Å². The van der Waals surface area contributed by atoms with E-state index >= 15 is 0 Å². The quantitative estimate of drug-likeness (QED) is 0.324. The van der Waals surface area contributed by atoms with Gasteiger partial charge in [0.25, 0.3) is 0 Å². The van der Waals surface area contributed by atoms with Crippen LogP contribution in [0.5, 0.6) is 0 Å². The zero-order valence-electron chi connectivity index (χ0n) is 23.5. The van der Waals surface area contributed by atoms with Crippen molar-refractivity contribution in [2.45, 2.75) is 56.5 Å². The molecule has 2 aliphatic carbocycles. The van der Waals surface area contributed by atoms with Crippen molar-refractivity contribution in [3.05, 3.63) is 88.6 Å². The average molecular weight is 549 g/mol. The molecule has 1 aromatic carbocycles. The number of aromatic nitrogens is 4. The maximum Gasteiger partial charge on any atom is 0.150 e. The number of carbonyl (C=O) groups excluding carboxylic acids is 1. The van der Waals surface area contributed by atoms with Crippen molar-refractivity contribution in [3.63, 3.8) is 0 Å². The van der Waals surface area contributed by atoms with Crippen molar-refractivity contribution >= 4 is 29.2 Å². The van der Waals surface area contributed by atoms with E-state index < -0.39 is 5.41 Å². The highest BCUT2D eigenvalue weighted by Gasteiger charge is 2.38. The molecule has 210 valence electrons. The normalized spacial score (nSPS) is 24.7. The van der Waals surface area contributed by atoms with Gasteiger partial charge < -0.3 is 15.0 Å². The zero-order valence-corrected chi connectivity index (χ0v) is 23.5. The van der Waals surface area contributed by atoms with Crippen molar-refractivity contribution in [2.75, 3.05) is 31.6 Å². The molecule has 3 aromatic heterocycles. The molecule has 0 amide bonds. The van der Waals surface area contributed by atoms with Crippen LogP contribution in [0.4, 0.5) is 5.82 Å². The minimum absolute atomic E-state index is 0.381. The van der Waals surface area contributed by atoms with Gasteiger partial charge in [0.1, 0.15) is 24.1 Å². The van der Waals surface area contributed by atoms with Crippen molar-refractivity contribution in [1.82, 2.24) is 24.8 Å². The fourth-order valence-electron chi connectivity index (χ4n) is 7.21. The predicted molar refractivity (Wildman–Crippen MR) is 160 cm³/mol. The SMILES string of the molecule is Cc1ccc(C=O)cc1C1(c2ccncc2)C=Cc2[nH]c3ncnc(NC4CCC(N5CCOCC5)CC4)c3c2C1. The maximum absolute atomic E-state index is 11.8. The number of morpholine rings is 1. The van der Waals surface area contributed by atoms with Crippen LogP contribution in [-0.2, 0) is 16.6 Å². The van der Waals surface area contributed by atoms with Gasteiger partial charge in [-0.25, -0.2) is 9.97 Å². The third-order valence-corrected chi connectivity index (χ3v) is 9.39. The van der Waals surface area contributed by atoms with E-state index in [1.54, 1.807) is 6.33 Å². The van der Waals surface area contributed by atoms with Gasteiger partial charge in [0.15, 0.2) is 0 Å². The van der Waals surface area contributed by atoms with E-state index in [1.807, 2.05) is 30.6 Å². The number of ether oxygens (including phenoxy) is 1. The highest BCUT2D eigenvalue weighted by Crippen LogP contribution is 2.45. The number of nitrogens with one attached hydrogen (secondary N) is 2. The Morgan fingerprint density at radius 1 is 1.07 bits per heavy atom. The third-order valence-electron chi connectivity index (χ3n) is 9.39. The molecule has 1 saturated carbocycles. The lowest BCUT2D eigenvalue weighted by Gasteiger charge is -2.39. The minimum Gasteiger partial charge on any atom is -0.379 e. The predicted octanol–water partition coefficient (Wildman–Crippen LogP) is 5.08. The van der Waals surface area contributed by atoms with Crippen molar-refractivity contribution < 1.29 is 9.53 Å². The lowest BCUT2D eigenvalue weighted by molar-refractivity contribution is 0.00791. The van der Waals surface area contributed by atoms with Crippen molar-refractivity contribution in [1.29, 1.82) is 0 Å². The Hall–Kier alpha value is -3.88. The standard InChI is InChI=1S/C33H36N6O2/c1-22-2-3-23(20-40)18-28(22)33(24-9-12-34-13-10-24)11-8-29-27(19-33)30-31(35-21-36-32(30)38-29)37-25-4-6-26(7-5-25)39-14-16-41-17-15-39/h2-3,8-13,18,20-21,25-26H,4-7,14-17,19H2,1H3,(H2,35,36,37,38). The molecule has 41 heavy (non-hydrogen) atoms. The number of fused-ring (bicyclic) bond motifs is 3. The van der Waals surface area contributed by atoms with Crippen LogP contribution < -0.4 is 5.32 Å². The number of carbonyl (C=O) groups is 1. The van der Waals surface area contributed by atoms with E-state index in [4.69, 9.17) is 9.72 Å². The van der Waals surface area contributed by atoms with Crippen molar-refractivity contribution in [3.8, 4) is 0 Å². The second-order valence-electron chi connectivity index (χ2n) is 11.7. The number of benzene rings is 1. The van der Waals surface area contributed by atoms with Crippen molar-refractivity contribution in [2.24, 2.45) is 0 Å². The zero-order chi connectivity index (χ0) is 27.8. The molecule has 0 bridgehead atoms. The van der Waals surface area contributed by atoms with Crippen LogP contribution in [0.15, 0.2) is 55.1 Å². The van der Waals surface area contributed by atoms with Crippen LogP contribution in [0, 0.1) is 6.92 Å². The molecule has 4 heterocycles. The van der Waals surface area contributed by atoms with Gasteiger partial charge in [-0.15, -0.1) is 0 Å². The van der Waals surface area contributed by atoms with E-state index in [0.717, 1.165) is 91.1 Å². The van der Waals surface area contributed by atoms with Gasteiger partial charge in [0.2, 0.25) is 0 Å². The molecule has 1 unspecified atom stereocenters. The van der Waals surface area contributed by atoms with Gasteiger partial charge in [0, 0.05) is 54.2 Å². The second kappa shape index (κ2) is 10.8. The Kier molecular flexibility index (Phi) is 6.88. The summed E-state index contributed by atoms with van der Waals surface area (Å²) in [5.74, 6) is 0.902. The summed E-state index contributed by atoms with van der Waals surface area (Å²) in [6.07, 6.45) is 16.1. The number of rotatable bonds is 6. The summed E-state index contributed by atoms with van der Waals surface area (Å²) < 4.78 is 5.56. The first kappa shape index (κ1) is 26.0. The summed E-state index contributed by atoms with van der Waals surface area (Å²) in [5.41, 5.74) is 6.73. The van der Waals surface area contributed by atoms with E-state index in [-0.39, 0.29) is 0 Å². The first-order valence-electron chi connectivity index (χ1n) is 14.7. The third kappa shape index (κ3) is 4.75. The van der Waals surface area contributed by atoms with Crippen LogP contribution in [0.25, 0.3) is 17.1 Å². The topological polar surface area (TPSA) is 96.0 Å². The number of aryl methyl sites for hydroxylation is 1. The second-order valence-corrected chi connectivity index (χ2v) is 11.7. The largest absolute Gasteiger partial charge is 0.379 e. The van der Waals surface area contributed by atoms with E-state index in [2.05, 4.69) is 56.4 Å². The maximum atomic E-state index is 11.8. The van der Waals surface area contributed by atoms with Gasteiger partial charge >= 0.3 is 0 Å². The first-order valence-corrected chi connectivity index (χ1v) is 14.7. The Labute approximate surface area is 240 Å². The summed E-state index contributed by atoms with van der Waals surface area (Å²) in [7, 11) is 0. The number of hydrogen-bond acceptors (Lipinski definition) is 7. The summed E-state index contributed by atoms with van der Waals surface area (Å²) in [6, 6.07) is 11.2. The van der Waals surface area contributed by atoms with Gasteiger partial charge in [-0.3, -0.25) is 14.7 Å². The number of nitrogens with zero attached hydrogens (tertiary/aromatic N) is 4. The molecule has 1 atom stereocenters. The molecule has 1 saturated heterocycles. The Balaban J connectivity index is 1.24. The lowest BCUT2D eigenvalue weighted by atomic mass is 9.66. The number of aldehydes is 1. The first-order chi connectivity index (χ1) is 20.1. The summed E-state index contributed by atoms with van der Waals surface area (Å²) in [4.78, 5) is 31.7. The fourth-order valence-corrected chi connectivity index (χ4v) is 7.21. The van der Waals surface area contributed by atoms with E-state index in [0.29, 0.717) is 17.6 Å². The van der Waals surface area contributed by atoms with Gasteiger partial charge in [-0.1, -0.05) is 18.2 Å². The van der Waals surface area contributed by atoms with Crippen LogP contribution in [0.3, 0.4) is 0 Å². The monoisotopic (exact) mass is 548 g/mol. The summed E-state index contributed by atoms with van der Waals surface area (Å²) >= 11 is 0. The number of pyridine rings is 1. The molecule has 2 N–H and O–H groups in total. The summed E-state index contributed by atoms with van der Waals surface area (Å²) in [5, 5.41) is 4.89. The Morgan fingerprint density at radius 3 is 2.66 bits per heavy atom. The molecular formula is C33H36N6O2. The molecule has 1 aliphatic heterocycles. The molecule has 3 aliphatic rings. The van der Waals surface area contributed by atoms with E-state index in [9.17, 15) is 4.79 Å². The highest BCUT2D eigenvalue weighted by molar-refractivity contribution is 5.94. The smallest absolute Gasteiger partial charge is 0.150 e. The molecule has 2 fully saturated rings. The summed E-state index contributed by atoms with van der Waals surface area (Å²) in [6.45, 7) is 5.92. The molecular weight excluding hydrogens is 512 g/mol. The number of allylic oxidation sites excluding steroid dienone is 1. The number of anilines is 1. The van der Waals surface area contributed by atoms with E-state index in [1.165, 1.54) is 18.4 Å². The highest BCUT2D eigenvalue weighted by atomic mass is 16.5.